The maximum absolute atomic E-state index is 8.89. The van der Waals surface area contributed by atoms with E-state index in [1.165, 1.54) is 44.9 Å². The van der Waals surface area contributed by atoms with Gasteiger partial charge in [0.05, 0.1) is 0 Å². The van der Waals surface area contributed by atoms with Crippen LogP contribution in [0.25, 0.3) is 0 Å². The molecule has 0 atom stereocenters. The summed E-state index contributed by atoms with van der Waals surface area (Å²) in [4.78, 5) is 8.89. The summed E-state index contributed by atoms with van der Waals surface area (Å²) in [7, 11) is 0. The maximum Gasteiger partial charge on any atom is 1.00 e. The van der Waals surface area contributed by atoms with E-state index in [1.54, 1.807) is 0 Å². The third-order valence-electron chi connectivity index (χ3n) is 1.82. The van der Waals surface area contributed by atoms with Gasteiger partial charge in [0.1, 0.15) is 0 Å². The van der Waals surface area contributed by atoms with Gasteiger partial charge in [0.15, 0.2) is 0 Å². The van der Waals surface area contributed by atoms with Gasteiger partial charge in [-0.1, -0.05) is 44.9 Å². The molecule has 0 unspecified atom stereocenters. The van der Waals surface area contributed by atoms with Crippen LogP contribution in [0.15, 0.2) is 0 Å². The number of carboxylic acid groups (broad SMARTS) is 1. The molecule has 72 valence electrons. The van der Waals surface area contributed by atoms with E-state index in [9.17, 15) is 0 Å². The van der Waals surface area contributed by atoms with Gasteiger partial charge in [0.2, 0.25) is 0 Å². The van der Waals surface area contributed by atoms with E-state index in [0.717, 1.165) is 6.92 Å². The number of aliphatic carboxylic acids is 1. The van der Waals surface area contributed by atoms with E-state index >= 15 is 0 Å². The zero-order chi connectivity index (χ0) is 9.23. The van der Waals surface area contributed by atoms with Crippen molar-refractivity contribution in [3.8, 4) is 0 Å². The minimum atomic E-state index is -1.08. The van der Waals surface area contributed by atoms with Crippen LogP contribution >= 0.6 is 0 Å². The van der Waals surface area contributed by atoms with Crippen molar-refractivity contribution >= 4 is 5.97 Å². The molecule has 0 aromatic heterocycles. The molecule has 1 saturated carbocycles. The van der Waals surface area contributed by atoms with Gasteiger partial charge in [0, 0.05) is 5.97 Å². The molecule has 2 nitrogen and oxygen atoms in total. The summed E-state index contributed by atoms with van der Waals surface area (Å²) in [6.07, 6.45) is 12.5. The number of carbonyl (C=O) groups excluding carboxylic acids is 1. The first-order valence-corrected chi connectivity index (χ1v) is 4.72. The van der Waals surface area contributed by atoms with Crippen LogP contribution in [-0.2, 0) is 32.5 Å². The summed E-state index contributed by atoms with van der Waals surface area (Å²) >= 11 is 0. The van der Waals surface area contributed by atoms with Crippen molar-refractivity contribution in [2.45, 2.75) is 51.9 Å². The molecule has 2 radical (unpaired) electrons. The summed E-state index contributed by atoms with van der Waals surface area (Å²) in [5.74, 6) is -1.08. The average molecular weight is 371 g/mol. The van der Waals surface area contributed by atoms with Crippen LogP contribution in [0, 0.1) is 6.42 Å². The Balaban J connectivity index is 0. The van der Waals surface area contributed by atoms with E-state index in [0.29, 0.717) is 0 Å². The van der Waals surface area contributed by atoms with Crippen molar-refractivity contribution in [3.63, 3.8) is 0 Å². The molecule has 0 aliphatic heterocycles. The molecule has 0 N–H and O–H groups in total. The van der Waals surface area contributed by atoms with Gasteiger partial charge < -0.3 is 9.90 Å². The summed E-state index contributed by atoms with van der Waals surface area (Å²) in [6.45, 7) is 0.972. The molecular weight excluding hydrogens is 353 g/mol. The van der Waals surface area contributed by atoms with Crippen LogP contribution < -0.4 is 5.11 Å². The molecule has 1 rings (SSSR count). The zero-order valence-electron chi connectivity index (χ0n) is 8.55. The molecule has 1 fully saturated rings. The smallest absolute Gasteiger partial charge is 0.550 e. The summed E-state index contributed by atoms with van der Waals surface area (Å²) in [5.41, 5.74) is 0. The fourth-order valence-electron chi connectivity index (χ4n) is 1.25. The molecular formula is C10H18HgO2. The van der Waals surface area contributed by atoms with Crippen LogP contribution in [0.3, 0.4) is 0 Å². The SMILES string of the molecule is CC(=O)[O-].[CH]1CCCCCCC1.[Hg+]. The van der Waals surface area contributed by atoms with Crippen LogP contribution in [0.1, 0.15) is 51.9 Å². The Morgan fingerprint density at radius 1 is 1.08 bits per heavy atom. The first-order chi connectivity index (χ1) is 5.73. The number of rotatable bonds is 0. The van der Waals surface area contributed by atoms with Crippen molar-refractivity contribution in [1.29, 1.82) is 0 Å². The van der Waals surface area contributed by atoms with E-state index in [2.05, 4.69) is 6.42 Å². The predicted octanol–water partition coefficient (Wildman–Crippen LogP) is 1.69. The molecule has 13 heavy (non-hydrogen) atoms. The van der Waals surface area contributed by atoms with Crippen molar-refractivity contribution in [2.75, 3.05) is 0 Å². The van der Waals surface area contributed by atoms with Gasteiger partial charge in [-0.3, -0.25) is 0 Å². The van der Waals surface area contributed by atoms with Gasteiger partial charge in [-0.05, 0) is 13.3 Å². The van der Waals surface area contributed by atoms with Crippen molar-refractivity contribution in [2.24, 2.45) is 0 Å². The molecule has 0 bridgehead atoms. The molecule has 0 heterocycles. The predicted molar refractivity (Wildman–Crippen MR) is 47.3 cm³/mol. The van der Waals surface area contributed by atoms with Crippen LogP contribution in [-0.4, -0.2) is 5.97 Å². The molecule has 0 amide bonds. The molecule has 0 spiro atoms. The standard InChI is InChI=1S/C8H15.C2H4O2.Hg/c1-2-4-6-8-7-5-3-1;1-2(3)4;/h1H,2-8H2;1H3,(H,3,4);/q;;+1/p-1. The van der Waals surface area contributed by atoms with Crippen molar-refractivity contribution in [3.05, 3.63) is 6.42 Å². The molecule has 0 aromatic rings. The summed E-state index contributed by atoms with van der Waals surface area (Å²) < 4.78 is 0. The topological polar surface area (TPSA) is 40.1 Å². The van der Waals surface area contributed by atoms with E-state index < -0.39 is 5.97 Å². The van der Waals surface area contributed by atoms with Crippen LogP contribution in [0.5, 0.6) is 0 Å². The Labute approximate surface area is 102 Å². The molecule has 1 aliphatic carbocycles. The molecule has 0 aromatic carbocycles. The summed E-state index contributed by atoms with van der Waals surface area (Å²) in [5, 5.41) is 8.89. The summed E-state index contributed by atoms with van der Waals surface area (Å²) in [6, 6.07) is 0. The third kappa shape index (κ3) is 19.0. The first-order valence-electron chi connectivity index (χ1n) is 4.72. The fraction of sp³-hybridized carbons (Fsp3) is 0.800. The molecule has 0 saturated heterocycles. The third-order valence-corrected chi connectivity index (χ3v) is 1.82. The Morgan fingerprint density at radius 3 is 1.77 bits per heavy atom. The second kappa shape index (κ2) is 12.4. The molecule has 3 heteroatoms. The maximum atomic E-state index is 8.89. The Morgan fingerprint density at radius 2 is 1.38 bits per heavy atom. The molecule has 1 aliphatic rings. The second-order valence-electron chi connectivity index (χ2n) is 3.13. The van der Waals surface area contributed by atoms with E-state index in [4.69, 9.17) is 9.90 Å². The van der Waals surface area contributed by atoms with Gasteiger partial charge in [0.25, 0.3) is 0 Å². The van der Waals surface area contributed by atoms with Gasteiger partial charge in [-0.25, -0.2) is 0 Å². The first kappa shape index (κ1) is 15.9. The second-order valence-corrected chi connectivity index (χ2v) is 3.13. The van der Waals surface area contributed by atoms with Crippen molar-refractivity contribution < 1.29 is 37.6 Å². The Hall–Kier alpha value is 0.405. The Bertz CT molecular complexity index is 87.5. The quantitative estimate of drug-likeness (QED) is 0.609. The number of hydrogen-bond acceptors (Lipinski definition) is 2. The van der Waals surface area contributed by atoms with Gasteiger partial charge in [-0.2, -0.15) is 0 Å². The Kier molecular flexibility index (Phi) is 15.1. The fourth-order valence-corrected chi connectivity index (χ4v) is 1.25. The number of carboxylic acids is 1. The van der Waals surface area contributed by atoms with E-state index in [1.807, 2.05) is 0 Å². The monoisotopic (exact) mass is 372 g/mol. The van der Waals surface area contributed by atoms with Crippen molar-refractivity contribution in [1.82, 2.24) is 0 Å². The van der Waals surface area contributed by atoms with Crippen LogP contribution in [0.4, 0.5) is 0 Å². The van der Waals surface area contributed by atoms with Gasteiger partial charge in [-0.15, -0.1) is 0 Å². The minimum absolute atomic E-state index is 0. The largest absolute Gasteiger partial charge is 1.00 e. The zero-order valence-corrected chi connectivity index (χ0v) is 14.0. The number of carbonyl (C=O) groups is 1. The minimum Gasteiger partial charge on any atom is -0.550 e. The average Bonchev–Trinajstić information content (AvgIpc) is 1.82. The normalized spacial score (nSPS) is 16.7. The van der Waals surface area contributed by atoms with E-state index in [-0.39, 0.29) is 27.7 Å². The number of hydrogen-bond donors (Lipinski definition) is 0. The van der Waals surface area contributed by atoms with Gasteiger partial charge >= 0.3 is 27.7 Å². The van der Waals surface area contributed by atoms with Crippen LogP contribution in [0.2, 0.25) is 0 Å².